The van der Waals surface area contributed by atoms with E-state index in [2.05, 4.69) is 6.07 Å². The molecular weight excluding hydrogens is 303 g/mol. The number of hydrogen-bond acceptors (Lipinski definition) is 3. The van der Waals surface area contributed by atoms with Gasteiger partial charge in [-0.2, -0.15) is 5.26 Å². The lowest BCUT2D eigenvalue weighted by Crippen LogP contribution is -2.34. The first-order chi connectivity index (χ1) is 9.52. The van der Waals surface area contributed by atoms with E-state index in [1.807, 2.05) is 0 Å². The average molecular weight is 315 g/mol. The van der Waals surface area contributed by atoms with Gasteiger partial charge in [0.1, 0.15) is 6.10 Å². The van der Waals surface area contributed by atoms with Crippen LogP contribution in [0.3, 0.4) is 0 Å². The summed E-state index contributed by atoms with van der Waals surface area (Å²) in [7, 11) is 0. The summed E-state index contributed by atoms with van der Waals surface area (Å²) in [6, 6.07) is 7.13. The number of ether oxygens (including phenoxy) is 1. The Hall–Kier alpha value is -1.48. The molecule has 1 aromatic rings. The molecule has 106 valence electrons. The zero-order valence-electron chi connectivity index (χ0n) is 10.4. The maximum absolute atomic E-state index is 11.0. The Balaban J connectivity index is 2.27. The molecule has 1 aromatic carbocycles. The number of benzene rings is 1. The number of hydrogen-bond donors (Lipinski definition) is 1. The number of amides is 1. The van der Waals surface area contributed by atoms with Crippen LogP contribution in [-0.4, -0.2) is 35.8 Å². The lowest BCUT2D eigenvalue weighted by Gasteiger charge is -2.21. The van der Waals surface area contributed by atoms with Crippen molar-refractivity contribution >= 4 is 29.3 Å². The zero-order chi connectivity index (χ0) is 14.7. The molecule has 1 heterocycles. The predicted octanol–water partition coefficient (Wildman–Crippen LogP) is 3.18. The zero-order valence-corrected chi connectivity index (χ0v) is 11.9. The molecule has 0 aromatic heterocycles. The van der Waals surface area contributed by atoms with E-state index in [9.17, 15) is 10.1 Å². The Morgan fingerprint density at radius 3 is 2.80 bits per heavy atom. The Morgan fingerprint density at radius 1 is 1.45 bits per heavy atom. The fraction of sp³-hybridized carbons (Fsp3) is 0.385. The minimum absolute atomic E-state index is 0.108. The summed E-state index contributed by atoms with van der Waals surface area (Å²) < 4.78 is 5.64. The fourth-order valence-electron chi connectivity index (χ4n) is 2.13. The third kappa shape index (κ3) is 3.15. The smallest absolute Gasteiger partial charge is 0.407 e. The molecule has 0 bridgehead atoms. The highest BCUT2D eigenvalue weighted by atomic mass is 35.5. The van der Waals surface area contributed by atoms with Crippen LogP contribution in [0.15, 0.2) is 18.2 Å². The van der Waals surface area contributed by atoms with E-state index in [1.165, 1.54) is 4.90 Å². The van der Waals surface area contributed by atoms with Crippen LogP contribution in [0.5, 0.6) is 0 Å². The van der Waals surface area contributed by atoms with Crippen molar-refractivity contribution in [1.82, 2.24) is 4.90 Å². The van der Waals surface area contributed by atoms with Gasteiger partial charge in [0, 0.05) is 13.1 Å². The van der Waals surface area contributed by atoms with E-state index in [1.54, 1.807) is 18.2 Å². The van der Waals surface area contributed by atoms with Crippen LogP contribution in [0, 0.1) is 17.2 Å². The van der Waals surface area contributed by atoms with Crippen molar-refractivity contribution in [2.75, 3.05) is 19.7 Å². The molecule has 0 unspecified atom stereocenters. The monoisotopic (exact) mass is 314 g/mol. The minimum atomic E-state index is -1.05. The summed E-state index contributed by atoms with van der Waals surface area (Å²) in [5.41, 5.74) is 0.721. The summed E-state index contributed by atoms with van der Waals surface area (Å²) >= 11 is 11.8. The maximum Gasteiger partial charge on any atom is 0.407 e. The van der Waals surface area contributed by atoms with Crippen molar-refractivity contribution in [3.63, 3.8) is 0 Å². The first-order valence-corrected chi connectivity index (χ1v) is 6.72. The molecule has 0 spiro atoms. The summed E-state index contributed by atoms with van der Waals surface area (Å²) in [6.07, 6.45) is -1.57. The van der Waals surface area contributed by atoms with E-state index in [-0.39, 0.29) is 19.7 Å². The molecule has 1 saturated heterocycles. The van der Waals surface area contributed by atoms with Crippen LogP contribution in [0.2, 0.25) is 10.0 Å². The standard InChI is InChI=1S/C13H12Cl2N2O3/c14-10-2-1-8(5-11(10)15)12-9(6-16)7-17(13(18)19)3-4-20-12/h1-2,5,9,12H,3-4,7H2,(H,18,19)/t9-,12+/m1/s1. The molecule has 2 rings (SSSR count). The van der Waals surface area contributed by atoms with E-state index in [0.717, 1.165) is 5.56 Å². The molecule has 0 saturated carbocycles. The van der Waals surface area contributed by atoms with Crippen molar-refractivity contribution in [3.05, 3.63) is 33.8 Å². The molecule has 1 N–H and O–H groups in total. The van der Waals surface area contributed by atoms with E-state index in [4.69, 9.17) is 33.0 Å². The Kier molecular flexibility index (Phi) is 4.71. The average Bonchev–Trinajstić information content (AvgIpc) is 2.64. The third-order valence-electron chi connectivity index (χ3n) is 3.15. The van der Waals surface area contributed by atoms with Crippen LogP contribution >= 0.6 is 23.2 Å². The number of rotatable bonds is 1. The molecule has 2 atom stereocenters. The van der Waals surface area contributed by atoms with E-state index in [0.29, 0.717) is 10.0 Å². The van der Waals surface area contributed by atoms with Gasteiger partial charge in [-0.3, -0.25) is 0 Å². The molecular formula is C13H12Cl2N2O3. The van der Waals surface area contributed by atoms with Gasteiger partial charge in [0.25, 0.3) is 0 Å². The first kappa shape index (κ1) is 14.9. The number of nitriles is 1. The van der Waals surface area contributed by atoms with Crippen LogP contribution in [0.1, 0.15) is 11.7 Å². The van der Waals surface area contributed by atoms with Crippen molar-refractivity contribution in [2.45, 2.75) is 6.10 Å². The molecule has 1 aliphatic rings. The minimum Gasteiger partial charge on any atom is -0.465 e. The molecule has 0 radical (unpaired) electrons. The second-order valence-electron chi connectivity index (χ2n) is 4.43. The summed E-state index contributed by atoms with van der Waals surface area (Å²) in [5, 5.41) is 19.1. The number of carbonyl (C=O) groups is 1. The van der Waals surface area contributed by atoms with Crippen molar-refractivity contribution in [1.29, 1.82) is 5.26 Å². The highest BCUT2D eigenvalue weighted by Crippen LogP contribution is 2.32. The topological polar surface area (TPSA) is 73.6 Å². The summed E-state index contributed by atoms with van der Waals surface area (Å²) in [5.74, 6) is -0.592. The maximum atomic E-state index is 11.0. The lowest BCUT2D eigenvalue weighted by molar-refractivity contribution is 0.0450. The Bertz CT molecular complexity index is 559. The molecule has 1 amide bonds. The molecule has 20 heavy (non-hydrogen) atoms. The van der Waals surface area contributed by atoms with Crippen LogP contribution < -0.4 is 0 Å². The first-order valence-electron chi connectivity index (χ1n) is 5.97. The van der Waals surface area contributed by atoms with E-state index < -0.39 is 18.1 Å². The van der Waals surface area contributed by atoms with Crippen LogP contribution in [-0.2, 0) is 4.74 Å². The van der Waals surface area contributed by atoms with Gasteiger partial charge in [-0.05, 0) is 17.7 Å². The van der Waals surface area contributed by atoms with Gasteiger partial charge >= 0.3 is 6.09 Å². The number of carboxylic acid groups (broad SMARTS) is 1. The van der Waals surface area contributed by atoms with Crippen molar-refractivity contribution < 1.29 is 14.6 Å². The molecule has 1 aliphatic heterocycles. The Morgan fingerprint density at radius 2 is 2.20 bits per heavy atom. The third-order valence-corrected chi connectivity index (χ3v) is 3.89. The largest absolute Gasteiger partial charge is 0.465 e. The van der Waals surface area contributed by atoms with E-state index >= 15 is 0 Å². The van der Waals surface area contributed by atoms with Gasteiger partial charge in [-0.15, -0.1) is 0 Å². The number of halogens is 2. The van der Waals surface area contributed by atoms with Gasteiger partial charge in [0.15, 0.2) is 0 Å². The van der Waals surface area contributed by atoms with Gasteiger partial charge < -0.3 is 14.7 Å². The highest BCUT2D eigenvalue weighted by Gasteiger charge is 2.31. The van der Waals surface area contributed by atoms with Gasteiger partial charge in [-0.25, -0.2) is 4.79 Å². The molecule has 5 nitrogen and oxygen atoms in total. The Labute approximate surface area is 126 Å². The quantitative estimate of drug-likeness (QED) is 0.864. The highest BCUT2D eigenvalue weighted by molar-refractivity contribution is 6.42. The summed E-state index contributed by atoms with van der Waals surface area (Å²) in [4.78, 5) is 12.2. The second-order valence-corrected chi connectivity index (χ2v) is 5.24. The number of nitrogens with zero attached hydrogens (tertiary/aromatic N) is 2. The normalized spacial score (nSPS) is 22.9. The predicted molar refractivity (Wildman–Crippen MR) is 73.9 cm³/mol. The van der Waals surface area contributed by atoms with Crippen LogP contribution in [0.4, 0.5) is 4.79 Å². The van der Waals surface area contributed by atoms with Crippen molar-refractivity contribution in [2.24, 2.45) is 5.92 Å². The second kappa shape index (κ2) is 6.31. The van der Waals surface area contributed by atoms with Gasteiger partial charge in [-0.1, -0.05) is 29.3 Å². The lowest BCUT2D eigenvalue weighted by atomic mass is 9.96. The van der Waals surface area contributed by atoms with Crippen molar-refractivity contribution in [3.8, 4) is 6.07 Å². The van der Waals surface area contributed by atoms with Gasteiger partial charge in [0.05, 0.1) is 28.6 Å². The van der Waals surface area contributed by atoms with Crippen LogP contribution in [0.25, 0.3) is 0 Å². The molecule has 7 heteroatoms. The molecule has 1 fully saturated rings. The molecule has 0 aliphatic carbocycles. The SMILES string of the molecule is N#C[C@@H]1CN(C(=O)O)CCO[C@H]1c1ccc(Cl)c(Cl)c1. The van der Waals surface area contributed by atoms with Gasteiger partial charge in [0.2, 0.25) is 0 Å². The summed E-state index contributed by atoms with van der Waals surface area (Å²) in [6.45, 7) is 0.581. The fourth-order valence-corrected chi connectivity index (χ4v) is 2.44.